The number of ether oxygens (including phenoxy) is 2. The Hall–Kier alpha value is -1.19. The van der Waals surface area contributed by atoms with Gasteiger partial charge in [-0.2, -0.15) is 0 Å². The maximum absolute atomic E-state index is 13.0. The van der Waals surface area contributed by atoms with Crippen LogP contribution in [0.25, 0.3) is 0 Å². The lowest BCUT2D eigenvalue weighted by Gasteiger charge is -2.37. The fraction of sp³-hybridized carbons (Fsp3) is 0.579. The van der Waals surface area contributed by atoms with Gasteiger partial charge < -0.3 is 9.47 Å². The van der Waals surface area contributed by atoms with Gasteiger partial charge in [-0.15, -0.1) is 0 Å². The quantitative estimate of drug-likeness (QED) is 0.756. The molecule has 0 amide bonds. The number of rotatable bonds is 3. The van der Waals surface area contributed by atoms with Crippen molar-refractivity contribution in [3.8, 4) is 0 Å². The molecule has 2 aliphatic rings. The summed E-state index contributed by atoms with van der Waals surface area (Å²) in [5.41, 5.74) is 1.26. The average Bonchev–Trinajstić information content (AvgIpc) is 2.57. The van der Waals surface area contributed by atoms with E-state index < -0.39 is 0 Å². The molecule has 0 spiro atoms. The molecule has 3 rings (SSSR count). The van der Waals surface area contributed by atoms with Crippen LogP contribution in [0, 0.1) is 17.7 Å². The Kier molecular flexibility index (Phi) is 5.27. The molecule has 0 N–H and O–H groups in total. The highest BCUT2D eigenvalue weighted by Gasteiger charge is 2.32. The van der Waals surface area contributed by atoms with Crippen LogP contribution in [0.4, 0.5) is 4.39 Å². The van der Waals surface area contributed by atoms with E-state index in [0.29, 0.717) is 17.8 Å². The zero-order valence-corrected chi connectivity index (χ0v) is 13.2. The number of hydrogen-bond donors (Lipinski definition) is 0. The van der Waals surface area contributed by atoms with E-state index in [-0.39, 0.29) is 12.1 Å². The van der Waals surface area contributed by atoms with E-state index in [9.17, 15) is 4.39 Å². The Morgan fingerprint density at radius 2 is 1.64 bits per heavy atom. The number of benzene rings is 1. The summed E-state index contributed by atoms with van der Waals surface area (Å²) in [6.07, 6.45) is 8.71. The summed E-state index contributed by atoms with van der Waals surface area (Å²) in [6.45, 7) is 3.57. The first-order valence-electron chi connectivity index (χ1n) is 8.37. The molecule has 3 heteroatoms. The summed E-state index contributed by atoms with van der Waals surface area (Å²) in [4.78, 5) is 0. The molecule has 22 heavy (non-hydrogen) atoms. The Morgan fingerprint density at radius 3 is 2.23 bits per heavy atom. The molecule has 1 saturated carbocycles. The molecule has 2 nitrogen and oxygen atoms in total. The van der Waals surface area contributed by atoms with Crippen molar-refractivity contribution in [1.29, 1.82) is 0 Å². The number of halogens is 1. The maximum Gasteiger partial charge on any atom is 0.160 e. The summed E-state index contributed by atoms with van der Waals surface area (Å²) < 4.78 is 24.8. The molecule has 1 aliphatic heterocycles. The fourth-order valence-electron chi connectivity index (χ4n) is 3.65. The molecule has 2 fully saturated rings. The monoisotopic (exact) mass is 304 g/mol. The largest absolute Gasteiger partial charge is 0.352 e. The van der Waals surface area contributed by atoms with Gasteiger partial charge in [-0.05, 0) is 56.2 Å². The predicted molar refractivity (Wildman–Crippen MR) is 85.1 cm³/mol. The van der Waals surface area contributed by atoms with Gasteiger partial charge in [0.25, 0.3) is 0 Å². The third-order valence-corrected chi connectivity index (χ3v) is 4.91. The average molecular weight is 304 g/mol. The van der Waals surface area contributed by atoms with Gasteiger partial charge in [0.1, 0.15) is 5.82 Å². The van der Waals surface area contributed by atoms with Crippen molar-refractivity contribution >= 4 is 0 Å². The molecular formula is C19H25FO2. The minimum Gasteiger partial charge on any atom is -0.352 e. The van der Waals surface area contributed by atoms with Gasteiger partial charge in [0, 0.05) is 11.8 Å². The smallest absolute Gasteiger partial charge is 0.160 e. The van der Waals surface area contributed by atoms with Crippen LogP contribution in [0.5, 0.6) is 0 Å². The van der Waals surface area contributed by atoms with Crippen LogP contribution in [0.1, 0.15) is 44.1 Å². The number of hydrogen-bond acceptors (Lipinski definition) is 2. The molecule has 1 aromatic rings. The van der Waals surface area contributed by atoms with Crippen molar-refractivity contribution < 1.29 is 13.9 Å². The Bertz CT molecular complexity index is 481. The van der Waals surface area contributed by atoms with Crippen molar-refractivity contribution in [2.45, 2.75) is 44.8 Å². The predicted octanol–water partition coefficient (Wildman–Crippen LogP) is 4.66. The van der Waals surface area contributed by atoms with Gasteiger partial charge in [0.15, 0.2) is 6.29 Å². The molecular weight excluding hydrogens is 279 g/mol. The van der Waals surface area contributed by atoms with Crippen LogP contribution in [-0.4, -0.2) is 19.5 Å². The molecule has 0 bridgehead atoms. The molecule has 1 aromatic carbocycles. The molecule has 1 heterocycles. The summed E-state index contributed by atoms with van der Waals surface area (Å²) in [5.74, 6) is 1.30. The Morgan fingerprint density at radius 1 is 1.00 bits per heavy atom. The highest BCUT2D eigenvalue weighted by atomic mass is 19.1. The second-order valence-corrected chi connectivity index (χ2v) is 6.48. The van der Waals surface area contributed by atoms with Crippen molar-refractivity contribution in [3.05, 3.63) is 47.8 Å². The van der Waals surface area contributed by atoms with Gasteiger partial charge in [-0.3, -0.25) is 0 Å². The molecule has 0 aromatic heterocycles. The summed E-state index contributed by atoms with van der Waals surface area (Å²) in [7, 11) is 0. The summed E-state index contributed by atoms with van der Waals surface area (Å²) >= 11 is 0. The highest BCUT2D eigenvalue weighted by Crippen LogP contribution is 2.38. The minimum absolute atomic E-state index is 0.0318. The van der Waals surface area contributed by atoms with Crippen molar-refractivity contribution in [3.63, 3.8) is 0 Å². The summed E-state index contributed by atoms with van der Waals surface area (Å²) in [5, 5.41) is 0. The molecule has 0 atom stereocenters. The van der Waals surface area contributed by atoms with Gasteiger partial charge in [-0.1, -0.05) is 24.3 Å². The topological polar surface area (TPSA) is 18.5 Å². The maximum atomic E-state index is 13.0. The first-order chi connectivity index (χ1) is 10.8. The third kappa shape index (κ3) is 3.76. The van der Waals surface area contributed by atoms with Crippen LogP contribution < -0.4 is 0 Å². The zero-order chi connectivity index (χ0) is 15.4. The molecule has 0 unspecified atom stereocenters. The Labute approximate surface area is 132 Å². The first kappa shape index (κ1) is 15.7. The van der Waals surface area contributed by atoms with E-state index in [0.717, 1.165) is 38.9 Å². The number of allylic oxidation sites excluding steroid dienone is 1. The fourth-order valence-corrected chi connectivity index (χ4v) is 3.65. The van der Waals surface area contributed by atoms with E-state index in [1.807, 2.05) is 19.1 Å². The van der Waals surface area contributed by atoms with Crippen LogP contribution in [-0.2, 0) is 9.47 Å². The van der Waals surface area contributed by atoms with E-state index in [1.165, 1.54) is 5.56 Å². The van der Waals surface area contributed by atoms with Crippen molar-refractivity contribution in [2.75, 3.05) is 13.2 Å². The second-order valence-electron chi connectivity index (χ2n) is 6.48. The third-order valence-electron chi connectivity index (χ3n) is 4.91. The van der Waals surface area contributed by atoms with E-state index in [1.54, 1.807) is 12.1 Å². The Balaban J connectivity index is 1.49. The van der Waals surface area contributed by atoms with Crippen molar-refractivity contribution in [2.24, 2.45) is 11.8 Å². The van der Waals surface area contributed by atoms with Crippen LogP contribution in [0.2, 0.25) is 0 Å². The normalized spacial score (nSPS) is 33.2. The van der Waals surface area contributed by atoms with Crippen LogP contribution in [0.3, 0.4) is 0 Å². The molecule has 0 radical (unpaired) electrons. The van der Waals surface area contributed by atoms with Crippen LogP contribution in [0.15, 0.2) is 36.4 Å². The molecule has 1 aliphatic carbocycles. The molecule has 120 valence electrons. The lowest BCUT2D eigenvalue weighted by molar-refractivity contribution is -0.222. The summed E-state index contributed by atoms with van der Waals surface area (Å²) in [6, 6.07) is 6.98. The zero-order valence-electron chi connectivity index (χ0n) is 13.2. The lowest BCUT2D eigenvalue weighted by Crippen LogP contribution is -2.37. The van der Waals surface area contributed by atoms with Crippen LogP contribution >= 0.6 is 0 Å². The van der Waals surface area contributed by atoms with Gasteiger partial charge in [0.2, 0.25) is 0 Å². The van der Waals surface area contributed by atoms with Crippen molar-refractivity contribution in [1.82, 2.24) is 0 Å². The highest BCUT2D eigenvalue weighted by molar-refractivity contribution is 5.20. The van der Waals surface area contributed by atoms with Gasteiger partial charge in [-0.25, -0.2) is 4.39 Å². The minimum atomic E-state index is -0.155. The van der Waals surface area contributed by atoms with Gasteiger partial charge in [0.05, 0.1) is 13.2 Å². The van der Waals surface area contributed by atoms with E-state index in [4.69, 9.17) is 9.47 Å². The van der Waals surface area contributed by atoms with E-state index in [2.05, 4.69) is 12.2 Å². The standard InChI is InChI=1S/C19H25FO2/c1-2-3-14-12-21-19(22-13-14)17-6-4-15(5-7-17)16-8-10-18(20)11-9-16/h2-3,8-11,14-15,17,19H,4-7,12-13H2,1H3/b3-2+. The second kappa shape index (κ2) is 7.38. The van der Waals surface area contributed by atoms with E-state index >= 15 is 0 Å². The lowest BCUT2D eigenvalue weighted by atomic mass is 9.78. The SMILES string of the molecule is C/C=C/C1COC(C2CCC(c3ccc(F)cc3)CC2)OC1. The van der Waals surface area contributed by atoms with Gasteiger partial charge >= 0.3 is 0 Å². The molecule has 1 saturated heterocycles. The first-order valence-corrected chi connectivity index (χ1v) is 8.37.